The van der Waals surface area contributed by atoms with Crippen LogP contribution in [-0.2, 0) is 11.3 Å². The van der Waals surface area contributed by atoms with Crippen molar-refractivity contribution in [3.63, 3.8) is 0 Å². The van der Waals surface area contributed by atoms with Gasteiger partial charge in [0.25, 0.3) is 0 Å². The molecule has 2 aliphatic rings. The molecule has 1 atom stereocenters. The Morgan fingerprint density at radius 3 is 2.57 bits per heavy atom. The number of ether oxygens (including phenoxy) is 1. The van der Waals surface area contributed by atoms with Crippen molar-refractivity contribution >= 4 is 23.4 Å². The van der Waals surface area contributed by atoms with Crippen LogP contribution in [0.25, 0.3) is 0 Å². The summed E-state index contributed by atoms with van der Waals surface area (Å²) in [6.45, 7) is 6.59. The highest BCUT2D eigenvalue weighted by atomic mass is 35.5. The first-order valence-corrected chi connectivity index (χ1v) is 9.60. The Kier molecular flexibility index (Phi) is 5.57. The first-order chi connectivity index (χ1) is 11.2. The number of benzene rings is 1. The van der Waals surface area contributed by atoms with Crippen molar-refractivity contribution in [1.29, 1.82) is 0 Å². The van der Waals surface area contributed by atoms with Gasteiger partial charge in [-0.1, -0.05) is 23.7 Å². The lowest BCUT2D eigenvalue weighted by Gasteiger charge is -2.42. The van der Waals surface area contributed by atoms with E-state index in [1.165, 1.54) is 17.0 Å². The van der Waals surface area contributed by atoms with Gasteiger partial charge < -0.3 is 14.5 Å². The minimum Gasteiger partial charge on any atom is -0.378 e. The van der Waals surface area contributed by atoms with E-state index < -0.39 is 0 Å². The highest BCUT2D eigenvalue weighted by Gasteiger charge is 2.27. The van der Waals surface area contributed by atoms with Gasteiger partial charge >= 0.3 is 0 Å². The van der Waals surface area contributed by atoms with Gasteiger partial charge in [0, 0.05) is 24.7 Å². The quantitative estimate of drug-likeness (QED) is 0.816. The van der Waals surface area contributed by atoms with Crippen LogP contribution >= 0.6 is 23.4 Å². The Hall–Kier alpha value is -1.10. The highest BCUT2D eigenvalue weighted by molar-refractivity contribution is 7.99. The number of hydrogen-bond acceptors (Lipinski definition) is 4. The van der Waals surface area contributed by atoms with E-state index in [4.69, 9.17) is 16.3 Å². The molecule has 0 aromatic heterocycles. The molecule has 0 bridgehead atoms. The number of thioether (sulfide) groups is 1. The minimum atomic E-state index is 0.355. The number of hydrogen-bond donors (Lipinski definition) is 0. The van der Waals surface area contributed by atoms with Gasteiger partial charge in [-0.15, -0.1) is 11.8 Å². The number of rotatable bonds is 4. The average molecular weight is 351 g/mol. The third-order valence-electron chi connectivity index (χ3n) is 4.21. The summed E-state index contributed by atoms with van der Waals surface area (Å²) >= 11 is 7.89. The van der Waals surface area contributed by atoms with Crippen LogP contribution in [0.15, 0.2) is 47.8 Å². The Morgan fingerprint density at radius 1 is 1.22 bits per heavy atom. The van der Waals surface area contributed by atoms with Crippen LogP contribution < -0.4 is 0 Å². The molecule has 0 amide bonds. The van der Waals surface area contributed by atoms with E-state index in [1.807, 2.05) is 23.9 Å². The predicted octanol–water partition coefficient (Wildman–Crippen LogP) is 3.96. The molecule has 0 aliphatic carbocycles. The molecule has 3 rings (SSSR count). The molecule has 3 nitrogen and oxygen atoms in total. The van der Waals surface area contributed by atoms with Crippen LogP contribution in [0.5, 0.6) is 0 Å². The summed E-state index contributed by atoms with van der Waals surface area (Å²) < 4.78 is 5.52. The second-order valence-corrected chi connectivity index (χ2v) is 7.28. The lowest BCUT2D eigenvalue weighted by atomic mass is 10.1. The maximum atomic E-state index is 6.02. The fraction of sp³-hybridized carbons (Fsp3) is 0.444. The second kappa shape index (κ2) is 7.65. The third-order valence-corrected chi connectivity index (χ3v) is 5.33. The van der Waals surface area contributed by atoms with Gasteiger partial charge in [0.05, 0.1) is 18.6 Å². The summed E-state index contributed by atoms with van der Waals surface area (Å²) in [5.74, 6) is 1.31. The maximum absolute atomic E-state index is 6.02. The first-order valence-electron chi connectivity index (χ1n) is 7.94. The Balaban J connectivity index is 1.85. The van der Waals surface area contributed by atoms with Crippen molar-refractivity contribution in [3.8, 4) is 0 Å². The van der Waals surface area contributed by atoms with Crippen molar-refractivity contribution in [2.75, 3.05) is 32.6 Å². The lowest BCUT2D eigenvalue weighted by Crippen LogP contribution is -2.45. The molecule has 5 heteroatoms. The van der Waals surface area contributed by atoms with Gasteiger partial charge in [-0.3, -0.25) is 0 Å². The Labute approximate surface area is 147 Å². The standard InChI is InChI=1S/C18H23ClN2OS/c1-14-11-17(20-7-9-22-10-8-20)21(18(12-14)23-2)13-15-3-5-16(19)6-4-15/h3-6,11-12,18H,7-10,13H2,1-2H3. The summed E-state index contributed by atoms with van der Waals surface area (Å²) in [5.41, 5.74) is 2.61. The van der Waals surface area contributed by atoms with Crippen LogP contribution in [0.4, 0.5) is 0 Å². The summed E-state index contributed by atoms with van der Waals surface area (Å²) in [4.78, 5) is 4.92. The molecular formula is C18H23ClN2OS. The molecule has 1 saturated heterocycles. The second-order valence-electron chi connectivity index (χ2n) is 5.89. The molecule has 0 saturated carbocycles. The Bertz CT molecular complexity index is 594. The third kappa shape index (κ3) is 4.06. The van der Waals surface area contributed by atoms with E-state index in [2.05, 4.69) is 47.3 Å². The van der Waals surface area contributed by atoms with Crippen LogP contribution in [0.1, 0.15) is 12.5 Å². The smallest absolute Gasteiger partial charge is 0.106 e. The molecule has 124 valence electrons. The molecule has 23 heavy (non-hydrogen) atoms. The number of allylic oxidation sites excluding steroid dienone is 2. The van der Waals surface area contributed by atoms with E-state index in [0.29, 0.717) is 5.37 Å². The topological polar surface area (TPSA) is 15.7 Å². The van der Waals surface area contributed by atoms with Crippen LogP contribution in [0, 0.1) is 0 Å². The van der Waals surface area contributed by atoms with Gasteiger partial charge in [0.2, 0.25) is 0 Å². The molecule has 1 aromatic rings. The fourth-order valence-electron chi connectivity index (χ4n) is 3.00. The van der Waals surface area contributed by atoms with E-state index in [-0.39, 0.29) is 0 Å². The molecule has 1 fully saturated rings. The molecule has 1 aromatic carbocycles. The van der Waals surface area contributed by atoms with Gasteiger partial charge in [0.1, 0.15) is 5.82 Å². The van der Waals surface area contributed by atoms with Crippen molar-refractivity contribution in [2.24, 2.45) is 0 Å². The largest absolute Gasteiger partial charge is 0.378 e. The average Bonchev–Trinajstić information content (AvgIpc) is 2.58. The van der Waals surface area contributed by atoms with E-state index in [1.54, 1.807) is 0 Å². The monoisotopic (exact) mass is 350 g/mol. The maximum Gasteiger partial charge on any atom is 0.106 e. The molecule has 0 spiro atoms. The van der Waals surface area contributed by atoms with Crippen LogP contribution in [-0.4, -0.2) is 47.7 Å². The van der Waals surface area contributed by atoms with Gasteiger partial charge in [-0.05, 0) is 48.6 Å². The predicted molar refractivity (Wildman–Crippen MR) is 98.5 cm³/mol. The normalized spacial score (nSPS) is 22.0. The molecule has 0 radical (unpaired) electrons. The molecule has 2 aliphatic heterocycles. The van der Waals surface area contributed by atoms with E-state index >= 15 is 0 Å². The van der Waals surface area contributed by atoms with Gasteiger partial charge in [-0.25, -0.2) is 0 Å². The Morgan fingerprint density at radius 2 is 1.91 bits per heavy atom. The molecule has 0 N–H and O–H groups in total. The SMILES string of the molecule is CSC1C=C(C)C=C(N2CCOCC2)N1Cc1ccc(Cl)cc1. The number of halogens is 1. The summed E-state index contributed by atoms with van der Waals surface area (Å²) in [6.07, 6.45) is 6.81. The number of nitrogens with zero attached hydrogens (tertiary/aromatic N) is 2. The number of morpholine rings is 1. The zero-order valence-corrected chi connectivity index (χ0v) is 15.2. The fourth-order valence-corrected chi connectivity index (χ4v) is 3.91. The minimum absolute atomic E-state index is 0.355. The lowest BCUT2D eigenvalue weighted by molar-refractivity contribution is 0.0361. The van der Waals surface area contributed by atoms with Gasteiger partial charge in [0.15, 0.2) is 0 Å². The molecule has 1 unspecified atom stereocenters. The van der Waals surface area contributed by atoms with Crippen molar-refractivity contribution in [1.82, 2.24) is 9.80 Å². The summed E-state index contributed by atoms with van der Waals surface area (Å²) in [6, 6.07) is 8.16. The summed E-state index contributed by atoms with van der Waals surface area (Å²) in [5, 5.41) is 1.14. The van der Waals surface area contributed by atoms with Crippen LogP contribution in [0.2, 0.25) is 5.02 Å². The van der Waals surface area contributed by atoms with Gasteiger partial charge in [-0.2, -0.15) is 0 Å². The van der Waals surface area contributed by atoms with Crippen LogP contribution in [0.3, 0.4) is 0 Å². The summed E-state index contributed by atoms with van der Waals surface area (Å²) in [7, 11) is 0. The van der Waals surface area contributed by atoms with E-state index in [0.717, 1.165) is 37.9 Å². The van der Waals surface area contributed by atoms with Crippen molar-refractivity contribution in [3.05, 3.63) is 58.4 Å². The van der Waals surface area contributed by atoms with Crippen molar-refractivity contribution in [2.45, 2.75) is 18.8 Å². The zero-order valence-electron chi connectivity index (χ0n) is 13.7. The zero-order chi connectivity index (χ0) is 16.2. The molecular weight excluding hydrogens is 328 g/mol. The van der Waals surface area contributed by atoms with E-state index in [9.17, 15) is 0 Å². The highest BCUT2D eigenvalue weighted by Crippen LogP contribution is 2.30. The first kappa shape index (κ1) is 16.7. The molecule has 2 heterocycles. The van der Waals surface area contributed by atoms with Crippen molar-refractivity contribution < 1.29 is 4.74 Å².